The lowest BCUT2D eigenvalue weighted by Gasteiger charge is -2.17. The summed E-state index contributed by atoms with van der Waals surface area (Å²) < 4.78 is 0. The molecule has 27 heavy (non-hydrogen) atoms. The Balaban J connectivity index is 2.40. The fourth-order valence-electron chi connectivity index (χ4n) is 3.15. The Labute approximate surface area is 161 Å². The molecular formula is C22H32O5. The Bertz CT molecular complexity index is 573. The number of aliphatic hydroxyl groups is 2. The Morgan fingerprint density at radius 2 is 1.78 bits per heavy atom. The molecule has 1 saturated carbocycles. The zero-order valence-corrected chi connectivity index (χ0v) is 16.0. The molecule has 0 saturated heterocycles. The molecule has 3 N–H and O–H groups in total. The summed E-state index contributed by atoms with van der Waals surface area (Å²) in [6.45, 7) is 2.10. The van der Waals surface area contributed by atoms with E-state index < -0.39 is 24.1 Å². The largest absolute Gasteiger partial charge is 0.481 e. The summed E-state index contributed by atoms with van der Waals surface area (Å²) in [6, 6.07) is 0. The van der Waals surface area contributed by atoms with Gasteiger partial charge in [-0.15, -0.1) is 0 Å². The number of aliphatic hydroxyl groups excluding tert-OH is 2. The first-order chi connectivity index (χ1) is 13.0. The Hall–Kier alpha value is -1.98. The molecule has 0 aromatic heterocycles. The second kappa shape index (κ2) is 13.2. The molecule has 0 unspecified atom stereocenters. The normalized spacial score (nSPS) is 24.9. The van der Waals surface area contributed by atoms with Gasteiger partial charge in [0, 0.05) is 18.8 Å². The van der Waals surface area contributed by atoms with Crippen molar-refractivity contribution in [2.75, 3.05) is 0 Å². The molecule has 0 radical (unpaired) electrons. The van der Waals surface area contributed by atoms with Gasteiger partial charge in [0.15, 0.2) is 0 Å². The number of carboxylic acids is 1. The number of carboxylic acid groups (broad SMARTS) is 1. The molecule has 1 aliphatic rings. The van der Waals surface area contributed by atoms with Crippen LogP contribution in [0.1, 0.15) is 51.9 Å². The quantitative estimate of drug-likeness (QED) is 0.453. The van der Waals surface area contributed by atoms with Crippen LogP contribution in [0.5, 0.6) is 0 Å². The highest BCUT2D eigenvalue weighted by atomic mass is 16.4. The lowest BCUT2D eigenvalue weighted by atomic mass is 9.89. The van der Waals surface area contributed by atoms with E-state index in [9.17, 15) is 19.8 Å². The number of rotatable bonds is 12. The molecule has 0 aliphatic heterocycles. The smallest absolute Gasteiger partial charge is 0.303 e. The summed E-state index contributed by atoms with van der Waals surface area (Å²) >= 11 is 0. The Morgan fingerprint density at radius 1 is 1.15 bits per heavy atom. The maximum atomic E-state index is 12.0. The van der Waals surface area contributed by atoms with Crippen LogP contribution in [0, 0.1) is 11.8 Å². The minimum atomic E-state index is -0.940. The third-order valence-corrected chi connectivity index (χ3v) is 4.63. The Kier molecular flexibility index (Phi) is 11.3. The molecule has 0 bridgehead atoms. The molecule has 5 nitrogen and oxygen atoms in total. The highest BCUT2D eigenvalue weighted by Crippen LogP contribution is 2.34. The minimum Gasteiger partial charge on any atom is -0.481 e. The van der Waals surface area contributed by atoms with Crippen molar-refractivity contribution in [3.8, 4) is 0 Å². The number of hydrogen-bond acceptors (Lipinski definition) is 4. The maximum Gasteiger partial charge on any atom is 0.303 e. The standard InChI is InChI=1S/C22H32O5/c1-2-3-4-5-6-7-8-9-10-11-17(23)12-13-18-19(14-15-22(26)27)21(25)16-20(18)24/h3-4,6-7,9-10,12-13,17-19,21,23,25H,2,5,8,11,14-16H2,1H3,(H,26,27)/b4-3-,7-6+,10-9-,13-12+/t17-,18+,19+,21+/m1/s1. The molecule has 5 heteroatoms. The van der Waals surface area contributed by atoms with Crippen LogP contribution in [0.25, 0.3) is 0 Å². The van der Waals surface area contributed by atoms with Crippen LogP contribution in [-0.4, -0.2) is 39.3 Å². The third-order valence-electron chi connectivity index (χ3n) is 4.63. The van der Waals surface area contributed by atoms with Crippen LogP contribution in [0.15, 0.2) is 48.6 Å². The van der Waals surface area contributed by atoms with Crippen molar-refractivity contribution in [1.82, 2.24) is 0 Å². The monoisotopic (exact) mass is 376 g/mol. The lowest BCUT2D eigenvalue weighted by molar-refractivity contribution is -0.137. The molecule has 0 amide bonds. The first kappa shape index (κ1) is 23.1. The summed E-state index contributed by atoms with van der Waals surface area (Å²) in [4.78, 5) is 22.7. The summed E-state index contributed by atoms with van der Waals surface area (Å²) in [5.41, 5.74) is 0. The van der Waals surface area contributed by atoms with Crippen molar-refractivity contribution in [3.05, 3.63) is 48.6 Å². The van der Waals surface area contributed by atoms with Crippen molar-refractivity contribution in [2.24, 2.45) is 11.8 Å². The van der Waals surface area contributed by atoms with Gasteiger partial charge in [-0.2, -0.15) is 0 Å². The van der Waals surface area contributed by atoms with Gasteiger partial charge in [0.05, 0.1) is 12.2 Å². The Morgan fingerprint density at radius 3 is 2.41 bits per heavy atom. The van der Waals surface area contributed by atoms with Crippen LogP contribution in [0.2, 0.25) is 0 Å². The van der Waals surface area contributed by atoms with E-state index >= 15 is 0 Å². The maximum absolute atomic E-state index is 12.0. The van der Waals surface area contributed by atoms with E-state index in [1.165, 1.54) is 0 Å². The molecule has 4 atom stereocenters. The van der Waals surface area contributed by atoms with E-state index in [1.54, 1.807) is 12.2 Å². The molecule has 150 valence electrons. The van der Waals surface area contributed by atoms with E-state index in [0.717, 1.165) is 19.3 Å². The van der Waals surface area contributed by atoms with Crippen molar-refractivity contribution in [1.29, 1.82) is 0 Å². The average molecular weight is 376 g/mol. The molecule has 1 fully saturated rings. The van der Waals surface area contributed by atoms with Crippen molar-refractivity contribution in [2.45, 2.75) is 64.1 Å². The van der Waals surface area contributed by atoms with Crippen molar-refractivity contribution in [3.63, 3.8) is 0 Å². The molecule has 0 spiro atoms. The van der Waals surface area contributed by atoms with Crippen molar-refractivity contribution >= 4 is 11.8 Å². The van der Waals surface area contributed by atoms with E-state index in [0.29, 0.717) is 6.42 Å². The number of aliphatic carboxylic acids is 1. The highest BCUT2D eigenvalue weighted by molar-refractivity contribution is 5.86. The van der Waals surface area contributed by atoms with Crippen LogP contribution in [0.4, 0.5) is 0 Å². The first-order valence-corrected chi connectivity index (χ1v) is 9.69. The minimum absolute atomic E-state index is 0.0507. The fraction of sp³-hybridized carbons (Fsp3) is 0.545. The number of ketones is 1. The van der Waals surface area contributed by atoms with Gasteiger partial charge < -0.3 is 15.3 Å². The summed E-state index contributed by atoms with van der Waals surface area (Å²) in [6.07, 6.45) is 17.5. The molecule has 1 rings (SSSR count). The lowest BCUT2D eigenvalue weighted by Crippen LogP contribution is -2.20. The van der Waals surface area contributed by atoms with Crippen molar-refractivity contribution < 1.29 is 24.9 Å². The molecule has 0 heterocycles. The number of carbonyl (C=O) groups excluding carboxylic acids is 1. The van der Waals surface area contributed by atoms with Gasteiger partial charge >= 0.3 is 5.97 Å². The first-order valence-electron chi connectivity index (χ1n) is 9.69. The van der Waals surface area contributed by atoms with Gasteiger partial charge in [-0.1, -0.05) is 55.5 Å². The van der Waals surface area contributed by atoms with Crippen LogP contribution < -0.4 is 0 Å². The van der Waals surface area contributed by atoms with Gasteiger partial charge in [-0.05, 0) is 38.0 Å². The second-order valence-electron chi connectivity index (χ2n) is 6.84. The predicted octanol–water partition coefficient (Wildman–Crippen LogP) is 3.58. The van der Waals surface area contributed by atoms with Crippen LogP contribution in [0.3, 0.4) is 0 Å². The topological polar surface area (TPSA) is 94.8 Å². The van der Waals surface area contributed by atoms with Gasteiger partial charge in [0.2, 0.25) is 0 Å². The zero-order chi connectivity index (χ0) is 20.1. The average Bonchev–Trinajstić information content (AvgIpc) is 2.89. The highest BCUT2D eigenvalue weighted by Gasteiger charge is 2.39. The van der Waals surface area contributed by atoms with Gasteiger partial charge in [-0.25, -0.2) is 0 Å². The summed E-state index contributed by atoms with van der Waals surface area (Å²) in [7, 11) is 0. The predicted molar refractivity (Wildman–Crippen MR) is 106 cm³/mol. The summed E-state index contributed by atoms with van der Waals surface area (Å²) in [5, 5.41) is 28.8. The third kappa shape index (κ3) is 9.50. The number of hydrogen-bond donors (Lipinski definition) is 3. The SMILES string of the molecule is CC/C=C\C/C=C/C/C=C\C[C@@H](O)/C=C/[C@@H]1C(=O)C[C@H](O)[C@H]1CCC(=O)O. The number of carbonyl (C=O) groups is 2. The second-order valence-corrected chi connectivity index (χ2v) is 6.84. The van der Waals surface area contributed by atoms with E-state index in [4.69, 9.17) is 5.11 Å². The van der Waals surface area contributed by atoms with E-state index in [-0.39, 0.29) is 31.0 Å². The fourth-order valence-corrected chi connectivity index (χ4v) is 3.15. The van der Waals surface area contributed by atoms with E-state index in [1.807, 2.05) is 12.2 Å². The van der Waals surface area contributed by atoms with Crippen LogP contribution in [-0.2, 0) is 9.59 Å². The van der Waals surface area contributed by atoms with Gasteiger partial charge in [0.25, 0.3) is 0 Å². The van der Waals surface area contributed by atoms with Gasteiger partial charge in [0.1, 0.15) is 5.78 Å². The van der Waals surface area contributed by atoms with Crippen LogP contribution >= 0.6 is 0 Å². The van der Waals surface area contributed by atoms with E-state index in [2.05, 4.69) is 31.2 Å². The number of allylic oxidation sites excluding steroid dienone is 6. The molecule has 0 aromatic rings. The molecule has 1 aliphatic carbocycles. The zero-order valence-electron chi connectivity index (χ0n) is 16.0. The molecular weight excluding hydrogens is 344 g/mol. The summed E-state index contributed by atoms with van der Waals surface area (Å²) in [5.74, 6) is -1.94. The van der Waals surface area contributed by atoms with Gasteiger partial charge in [-0.3, -0.25) is 9.59 Å². The number of Topliss-reactive ketones (excluding diaryl/α,β-unsaturated/α-hetero) is 1. The molecule has 0 aromatic carbocycles.